The molecule has 28 heavy (non-hydrogen) atoms. The zero-order valence-corrected chi connectivity index (χ0v) is 15.5. The third-order valence-electron chi connectivity index (χ3n) is 4.43. The Morgan fingerprint density at radius 2 is 1.79 bits per heavy atom. The van der Waals surface area contributed by atoms with Gasteiger partial charge < -0.3 is 10.7 Å². The number of nitrogens with two attached hydrogens (primary N) is 1. The Balaban J connectivity index is 1.84. The van der Waals surface area contributed by atoms with Crippen LogP contribution in [0.3, 0.4) is 0 Å². The predicted molar refractivity (Wildman–Crippen MR) is 107 cm³/mol. The van der Waals surface area contributed by atoms with E-state index in [-0.39, 0.29) is 16.9 Å². The van der Waals surface area contributed by atoms with E-state index < -0.39 is 5.91 Å². The van der Waals surface area contributed by atoms with Crippen LogP contribution in [0.1, 0.15) is 16.1 Å². The molecule has 7 nitrogen and oxygen atoms in total. The average Bonchev–Trinajstić information content (AvgIpc) is 3.02. The highest BCUT2D eigenvalue weighted by Gasteiger charge is 2.19. The van der Waals surface area contributed by atoms with Crippen LogP contribution in [-0.2, 0) is 13.0 Å². The Labute approximate surface area is 164 Å². The lowest BCUT2D eigenvalue weighted by molar-refractivity contribution is 0.0997. The number of nitrogens with one attached hydrogen (secondary N) is 1. The van der Waals surface area contributed by atoms with Crippen molar-refractivity contribution in [2.24, 2.45) is 5.73 Å². The van der Waals surface area contributed by atoms with Crippen LogP contribution in [0, 0.1) is 0 Å². The molecule has 0 aliphatic rings. The Morgan fingerprint density at radius 3 is 2.46 bits per heavy atom. The van der Waals surface area contributed by atoms with Gasteiger partial charge in [0.15, 0.2) is 17.2 Å². The second-order valence-corrected chi connectivity index (χ2v) is 6.72. The van der Waals surface area contributed by atoms with Gasteiger partial charge in [-0.05, 0) is 36.2 Å². The number of hydrogen-bond donors (Lipinski definition) is 2. The molecule has 1 amide bonds. The maximum atomic E-state index is 12.5. The minimum Gasteiger partial charge on any atom is -0.364 e. The first-order valence-electron chi connectivity index (χ1n) is 8.63. The molecule has 0 spiro atoms. The second-order valence-electron chi connectivity index (χ2n) is 6.28. The molecule has 140 valence electrons. The van der Waals surface area contributed by atoms with Crippen molar-refractivity contribution in [3.63, 3.8) is 0 Å². The van der Waals surface area contributed by atoms with Gasteiger partial charge in [-0.15, -0.1) is 0 Å². The minimum atomic E-state index is -0.737. The molecule has 0 fully saturated rings. The summed E-state index contributed by atoms with van der Waals surface area (Å²) in [6.45, 7) is 0.401. The normalized spacial score (nSPS) is 11.0. The topological polar surface area (TPSA) is 107 Å². The molecule has 0 bridgehead atoms. The fourth-order valence-corrected chi connectivity index (χ4v) is 3.16. The molecule has 4 aromatic rings. The monoisotopic (exact) mass is 393 g/mol. The first-order valence-corrected chi connectivity index (χ1v) is 9.01. The number of carbonyl (C=O) groups is 1. The number of benzene rings is 2. The molecule has 8 heteroatoms. The van der Waals surface area contributed by atoms with Gasteiger partial charge in [-0.25, -0.2) is 14.8 Å². The lowest BCUT2D eigenvalue weighted by atomic mass is 10.1. The molecule has 2 aromatic carbocycles. The molecule has 0 aliphatic carbocycles. The maximum Gasteiger partial charge on any atom is 0.327 e. The quantitative estimate of drug-likeness (QED) is 0.543. The number of amides is 1. The second kappa shape index (κ2) is 7.28. The van der Waals surface area contributed by atoms with Crippen molar-refractivity contribution in [3.8, 4) is 11.4 Å². The largest absolute Gasteiger partial charge is 0.364 e. The zero-order chi connectivity index (χ0) is 19.7. The number of rotatable bonds is 5. The number of aryl methyl sites for hydroxylation is 2. The van der Waals surface area contributed by atoms with Crippen LogP contribution < -0.4 is 11.4 Å². The number of H-pyrrole nitrogens is 1. The summed E-state index contributed by atoms with van der Waals surface area (Å²) >= 11 is 5.94. The Kier molecular flexibility index (Phi) is 4.67. The number of aromatic nitrogens is 4. The van der Waals surface area contributed by atoms with E-state index in [1.165, 1.54) is 4.57 Å². The predicted octanol–water partition coefficient (Wildman–Crippen LogP) is 2.78. The number of aromatic amines is 1. The number of nitrogens with zero attached hydrogens (tertiary/aromatic N) is 3. The summed E-state index contributed by atoms with van der Waals surface area (Å²) in [5.74, 6) is -0.440. The Hall–Kier alpha value is -3.45. The van der Waals surface area contributed by atoms with Crippen molar-refractivity contribution >= 4 is 28.7 Å². The number of hydrogen-bond acceptors (Lipinski definition) is 4. The highest BCUT2D eigenvalue weighted by atomic mass is 35.5. The summed E-state index contributed by atoms with van der Waals surface area (Å²) < 4.78 is 1.50. The van der Waals surface area contributed by atoms with E-state index in [0.29, 0.717) is 35.0 Å². The summed E-state index contributed by atoms with van der Waals surface area (Å²) in [5, 5.41) is 0.571. The first kappa shape index (κ1) is 17.9. The van der Waals surface area contributed by atoms with Gasteiger partial charge in [0.05, 0.1) is 0 Å². The van der Waals surface area contributed by atoms with Crippen LogP contribution in [0.4, 0.5) is 0 Å². The van der Waals surface area contributed by atoms with Crippen LogP contribution in [0.5, 0.6) is 0 Å². The first-order chi connectivity index (χ1) is 13.5. The smallest absolute Gasteiger partial charge is 0.327 e. The van der Waals surface area contributed by atoms with E-state index in [4.69, 9.17) is 17.3 Å². The van der Waals surface area contributed by atoms with Crippen molar-refractivity contribution < 1.29 is 4.79 Å². The van der Waals surface area contributed by atoms with Gasteiger partial charge in [0.25, 0.3) is 5.91 Å². The van der Waals surface area contributed by atoms with E-state index in [1.54, 1.807) is 24.3 Å². The third-order valence-corrected chi connectivity index (χ3v) is 4.68. The highest BCUT2D eigenvalue weighted by Crippen LogP contribution is 2.22. The maximum absolute atomic E-state index is 12.5. The fraction of sp³-hybridized carbons (Fsp3) is 0.100. The van der Waals surface area contributed by atoms with Gasteiger partial charge in [-0.2, -0.15) is 0 Å². The molecule has 2 heterocycles. The summed E-state index contributed by atoms with van der Waals surface area (Å²) in [6.07, 6.45) is 0.639. The van der Waals surface area contributed by atoms with E-state index in [0.717, 1.165) is 5.56 Å². The van der Waals surface area contributed by atoms with Crippen LogP contribution in [0.15, 0.2) is 59.4 Å². The molecule has 3 N–H and O–H groups in total. The van der Waals surface area contributed by atoms with Gasteiger partial charge in [-0.1, -0.05) is 41.9 Å². The third kappa shape index (κ3) is 3.39. The SMILES string of the molecule is NC(=O)c1nc(-c2ccc(Cl)cc2)nc2c1[nH]c(=O)n2CCc1ccccc1. The lowest BCUT2D eigenvalue weighted by Crippen LogP contribution is -2.18. The van der Waals surface area contributed by atoms with Crippen LogP contribution in [-0.4, -0.2) is 25.4 Å². The molecule has 4 rings (SSSR count). The number of halogens is 1. The summed E-state index contributed by atoms with van der Waals surface area (Å²) in [7, 11) is 0. The van der Waals surface area contributed by atoms with Gasteiger partial charge in [0.2, 0.25) is 0 Å². The van der Waals surface area contributed by atoms with Crippen LogP contribution in [0.25, 0.3) is 22.6 Å². The highest BCUT2D eigenvalue weighted by molar-refractivity contribution is 6.30. The lowest BCUT2D eigenvalue weighted by Gasteiger charge is -2.07. The van der Waals surface area contributed by atoms with Crippen molar-refractivity contribution in [1.29, 1.82) is 0 Å². The molecular weight excluding hydrogens is 378 g/mol. The molecular formula is C20H16ClN5O2. The molecule has 0 aliphatic heterocycles. The zero-order valence-electron chi connectivity index (χ0n) is 14.7. The Morgan fingerprint density at radius 1 is 1.07 bits per heavy atom. The van der Waals surface area contributed by atoms with Gasteiger partial charge in [0, 0.05) is 17.1 Å². The van der Waals surface area contributed by atoms with Gasteiger partial charge in [0.1, 0.15) is 5.52 Å². The van der Waals surface area contributed by atoms with Crippen molar-refractivity contribution in [2.45, 2.75) is 13.0 Å². The van der Waals surface area contributed by atoms with E-state index in [1.807, 2.05) is 30.3 Å². The number of primary amides is 1. The number of carbonyl (C=O) groups excluding carboxylic acids is 1. The van der Waals surface area contributed by atoms with E-state index in [9.17, 15) is 9.59 Å². The van der Waals surface area contributed by atoms with Crippen LogP contribution >= 0.6 is 11.6 Å². The summed E-state index contributed by atoms with van der Waals surface area (Å²) in [6, 6.07) is 16.7. The molecule has 0 atom stereocenters. The summed E-state index contributed by atoms with van der Waals surface area (Å²) in [4.78, 5) is 35.9. The molecule has 0 radical (unpaired) electrons. The average molecular weight is 394 g/mol. The van der Waals surface area contributed by atoms with Crippen LogP contribution in [0.2, 0.25) is 5.02 Å². The molecule has 2 aromatic heterocycles. The van der Waals surface area contributed by atoms with Gasteiger partial charge in [-0.3, -0.25) is 9.36 Å². The molecule has 0 unspecified atom stereocenters. The van der Waals surface area contributed by atoms with E-state index >= 15 is 0 Å². The number of imidazole rings is 1. The van der Waals surface area contributed by atoms with Crippen molar-refractivity contribution in [3.05, 3.63) is 81.4 Å². The van der Waals surface area contributed by atoms with Gasteiger partial charge >= 0.3 is 5.69 Å². The van der Waals surface area contributed by atoms with Crippen molar-refractivity contribution in [1.82, 2.24) is 19.5 Å². The number of fused-ring (bicyclic) bond motifs is 1. The summed E-state index contributed by atoms with van der Waals surface area (Å²) in [5.41, 5.74) is 7.44. The minimum absolute atomic E-state index is 0.0227. The van der Waals surface area contributed by atoms with Crippen molar-refractivity contribution in [2.75, 3.05) is 0 Å². The van der Waals surface area contributed by atoms with E-state index in [2.05, 4.69) is 15.0 Å². The molecule has 0 saturated heterocycles. The Bertz CT molecular complexity index is 1210. The fourth-order valence-electron chi connectivity index (χ4n) is 3.03. The molecule has 0 saturated carbocycles. The standard InChI is InChI=1S/C20H16ClN5O2/c21-14-8-6-13(7-9-14)18-23-15(17(22)27)16-19(25-18)26(20(28)24-16)11-10-12-4-2-1-3-5-12/h1-9H,10-11H2,(H2,22,27)(H,24,28).